The van der Waals surface area contributed by atoms with E-state index in [0.717, 1.165) is 12.5 Å². The maximum atomic E-state index is 4.18. The molecule has 0 unspecified atom stereocenters. The molecule has 2 heterocycles. The largest absolute Gasteiger partial charge is 0.384 e. The summed E-state index contributed by atoms with van der Waals surface area (Å²) >= 11 is 0. The van der Waals surface area contributed by atoms with Crippen molar-refractivity contribution in [2.75, 3.05) is 32.0 Å². The number of anilines is 1. The molecule has 2 aromatic rings. The van der Waals surface area contributed by atoms with Crippen molar-refractivity contribution in [3.63, 3.8) is 0 Å². The second-order valence-electron chi connectivity index (χ2n) is 5.53. The van der Waals surface area contributed by atoms with E-state index in [1.807, 2.05) is 12.4 Å². The average Bonchev–Trinajstić information content (AvgIpc) is 2.47. The van der Waals surface area contributed by atoms with Crippen LogP contribution < -0.4 is 5.32 Å². The number of nitrogens with zero attached hydrogens (tertiary/aromatic N) is 2. The molecule has 0 bridgehead atoms. The molecule has 19 heavy (non-hydrogen) atoms. The number of pyridine rings is 1. The van der Waals surface area contributed by atoms with E-state index in [0.29, 0.717) is 0 Å². The number of likely N-dealkylation sites (tertiary alicyclic amines) is 1. The molecule has 0 aliphatic carbocycles. The predicted octanol–water partition coefficient (Wildman–Crippen LogP) is 2.99. The number of nitrogens with one attached hydrogen (secondary N) is 1. The third-order valence-corrected chi connectivity index (χ3v) is 4.10. The lowest BCUT2D eigenvalue weighted by Gasteiger charge is -2.29. The third-order valence-electron chi connectivity index (χ3n) is 4.10. The van der Waals surface area contributed by atoms with Crippen molar-refractivity contribution in [3.8, 4) is 0 Å². The smallest absolute Gasteiger partial charge is 0.0421 e. The topological polar surface area (TPSA) is 28.2 Å². The first-order valence-electron chi connectivity index (χ1n) is 7.08. The Hall–Kier alpha value is -1.61. The van der Waals surface area contributed by atoms with Crippen LogP contribution in [-0.2, 0) is 0 Å². The predicted molar refractivity (Wildman–Crippen MR) is 80.5 cm³/mol. The van der Waals surface area contributed by atoms with Crippen LogP contribution in [-0.4, -0.2) is 36.6 Å². The summed E-state index contributed by atoms with van der Waals surface area (Å²) in [4.78, 5) is 6.60. The van der Waals surface area contributed by atoms with Crippen LogP contribution in [0.3, 0.4) is 0 Å². The van der Waals surface area contributed by atoms with Gasteiger partial charge in [-0.3, -0.25) is 4.98 Å². The lowest BCUT2D eigenvalue weighted by molar-refractivity contribution is 0.226. The van der Waals surface area contributed by atoms with Gasteiger partial charge in [-0.2, -0.15) is 0 Å². The molecule has 0 amide bonds. The Labute approximate surface area is 114 Å². The van der Waals surface area contributed by atoms with E-state index in [9.17, 15) is 0 Å². The molecule has 0 spiro atoms. The summed E-state index contributed by atoms with van der Waals surface area (Å²) < 4.78 is 0. The van der Waals surface area contributed by atoms with E-state index in [-0.39, 0.29) is 0 Å². The Balaban J connectivity index is 1.68. The molecule has 0 atom stereocenters. The Morgan fingerprint density at radius 2 is 2.11 bits per heavy atom. The summed E-state index contributed by atoms with van der Waals surface area (Å²) in [7, 11) is 2.21. The highest BCUT2D eigenvalue weighted by atomic mass is 15.1. The van der Waals surface area contributed by atoms with Crippen LogP contribution in [0.25, 0.3) is 10.8 Å². The first kappa shape index (κ1) is 12.4. The van der Waals surface area contributed by atoms with Crippen molar-refractivity contribution in [2.45, 2.75) is 12.8 Å². The average molecular weight is 255 g/mol. The maximum absolute atomic E-state index is 4.18. The molecule has 1 aliphatic rings. The molecule has 3 nitrogen and oxygen atoms in total. The van der Waals surface area contributed by atoms with Crippen LogP contribution >= 0.6 is 0 Å². The molecule has 1 aliphatic heterocycles. The zero-order chi connectivity index (χ0) is 13.1. The van der Waals surface area contributed by atoms with Crippen molar-refractivity contribution < 1.29 is 0 Å². The van der Waals surface area contributed by atoms with E-state index in [1.54, 1.807) is 0 Å². The Bertz CT molecular complexity index is 539. The molecule has 3 rings (SSSR count). The fraction of sp³-hybridized carbons (Fsp3) is 0.438. The second kappa shape index (κ2) is 5.57. The Morgan fingerprint density at radius 1 is 1.26 bits per heavy atom. The Morgan fingerprint density at radius 3 is 2.95 bits per heavy atom. The van der Waals surface area contributed by atoms with Crippen LogP contribution in [0.5, 0.6) is 0 Å². The van der Waals surface area contributed by atoms with Crippen molar-refractivity contribution in [1.82, 2.24) is 9.88 Å². The van der Waals surface area contributed by atoms with Gasteiger partial charge in [0.25, 0.3) is 0 Å². The monoisotopic (exact) mass is 255 g/mol. The second-order valence-corrected chi connectivity index (χ2v) is 5.53. The molecule has 1 aromatic carbocycles. The van der Waals surface area contributed by atoms with Gasteiger partial charge in [0.15, 0.2) is 0 Å². The zero-order valence-corrected chi connectivity index (χ0v) is 11.5. The van der Waals surface area contributed by atoms with Gasteiger partial charge in [0.05, 0.1) is 0 Å². The van der Waals surface area contributed by atoms with Gasteiger partial charge in [0, 0.05) is 35.4 Å². The van der Waals surface area contributed by atoms with E-state index in [1.165, 1.54) is 42.4 Å². The van der Waals surface area contributed by atoms with E-state index in [2.05, 4.69) is 46.5 Å². The van der Waals surface area contributed by atoms with Gasteiger partial charge in [-0.15, -0.1) is 0 Å². The third kappa shape index (κ3) is 2.87. The lowest BCUT2D eigenvalue weighted by Crippen LogP contribution is -2.32. The van der Waals surface area contributed by atoms with Gasteiger partial charge in [0.2, 0.25) is 0 Å². The molecule has 0 saturated carbocycles. The molecule has 1 aromatic heterocycles. The van der Waals surface area contributed by atoms with Crippen molar-refractivity contribution >= 4 is 16.5 Å². The SMILES string of the molecule is CN1CCC(CNc2cccc3cnccc23)CC1. The highest BCUT2D eigenvalue weighted by Gasteiger charge is 2.16. The first-order valence-corrected chi connectivity index (χ1v) is 7.08. The van der Waals surface area contributed by atoms with Crippen LogP contribution in [0.15, 0.2) is 36.7 Å². The van der Waals surface area contributed by atoms with Gasteiger partial charge >= 0.3 is 0 Å². The number of hydrogen-bond acceptors (Lipinski definition) is 3. The normalized spacial score (nSPS) is 17.7. The molecule has 1 saturated heterocycles. The van der Waals surface area contributed by atoms with E-state index in [4.69, 9.17) is 0 Å². The fourth-order valence-electron chi connectivity index (χ4n) is 2.80. The summed E-state index contributed by atoms with van der Waals surface area (Å²) in [5.74, 6) is 0.799. The standard InChI is InChI=1S/C16H21N3/c1-19-9-6-13(7-10-19)11-18-16-4-2-3-14-12-17-8-5-15(14)16/h2-5,8,12-13,18H,6-7,9-11H2,1H3. The molecule has 0 radical (unpaired) electrons. The number of aromatic nitrogens is 1. The lowest BCUT2D eigenvalue weighted by atomic mass is 9.97. The van der Waals surface area contributed by atoms with Gasteiger partial charge in [-0.25, -0.2) is 0 Å². The van der Waals surface area contributed by atoms with Crippen molar-refractivity contribution in [1.29, 1.82) is 0 Å². The van der Waals surface area contributed by atoms with E-state index >= 15 is 0 Å². The Kier molecular flexibility index (Phi) is 3.65. The van der Waals surface area contributed by atoms with Crippen LogP contribution in [0.4, 0.5) is 5.69 Å². The summed E-state index contributed by atoms with van der Waals surface area (Å²) in [5, 5.41) is 6.10. The van der Waals surface area contributed by atoms with Crippen LogP contribution in [0.1, 0.15) is 12.8 Å². The van der Waals surface area contributed by atoms with Gasteiger partial charge < -0.3 is 10.2 Å². The summed E-state index contributed by atoms with van der Waals surface area (Å²) in [6, 6.07) is 8.47. The van der Waals surface area contributed by atoms with Crippen LogP contribution in [0.2, 0.25) is 0 Å². The molecule has 1 fully saturated rings. The molecular weight excluding hydrogens is 234 g/mol. The molecule has 1 N–H and O–H groups in total. The molecule has 100 valence electrons. The summed E-state index contributed by atoms with van der Waals surface area (Å²) in [5.41, 5.74) is 1.24. The number of hydrogen-bond donors (Lipinski definition) is 1. The number of fused-ring (bicyclic) bond motifs is 1. The van der Waals surface area contributed by atoms with E-state index < -0.39 is 0 Å². The summed E-state index contributed by atoms with van der Waals surface area (Å²) in [6.07, 6.45) is 6.39. The number of benzene rings is 1. The minimum atomic E-state index is 0.799. The highest BCUT2D eigenvalue weighted by Crippen LogP contribution is 2.23. The van der Waals surface area contributed by atoms with Crippen LogP contribution in [0, 0.1) is 5.92 Å². The maximum Gasteiger partial charge on any atom is 0.0421 e. The fourth-order valence-corrected chi connectivity index (χ4v) is 2.80. The zero-order valence-electron chi connectivity index (χ0n) is 11.5. The molecule has 3 heteroatoms. The van der Waals surface area contributed by atoms with Crippen molar-refractivity contribution in [3.05, 3.63) is 36.7 Å². The summed E-state index contributed by atoms with van der Waals surface area (Å²) in [6.45, 7) is 3.53. The minimum absolute atomic E-state index is 0.799. The van der Waals surface area contributed by atoms with Gasteiger partial charge in [-0.05, 0) is 51.0 Å². The number of rotatable bonds is 3. The quantitative estimate of drug-likeness (QED) is 0.914. The number of piperidine rings is 1. The highest BCUT2D eigenvalue weighted by molar-refractivity contribution is 5.93. The van der Waals surface area contributed by atoms with Crippen molar-refractivity contribution in [2.24, 2.45) is 5.92 Å². The first-order chi connectivity index (χ1) is 9.33. The molecular formula is C16H21N3. The van der Waals surface area contributed by atoms with Gasteiger partial charge in [-0.1, -0.05) is 12.1 Å². The minimum Gasteiger partial charge on any atom is -0.384 e. The van der Waals surface area contributed by atoms with Gasteiger partial charge in [0.1, 0.15) is 0 Å².